The maximum atomic E-state index is 12.1. The Labute approximate surface area is 130 Å². The Hall–Kier alpha value is -2.06. The van der Waals surface area contributed by atoms with E-state index < -0.39 is 0 Å². The van der Waals surface area contributed by atoms with Gasteiger partial charge in [-0.2, -0.15) is 0 Å². The molecule has 3 heteroatoms. The van der Waals surface area contributed by atoms with Crippen LogP contribution in [0, 0.1) is 0 Å². The van der Waals surface area contributed by atoms with E-state index >= 15 is 0 Å². The van der Waals surface area contributed by atoms with Crippen molar-refractivity contribution in [1.29, 1.82) is 0 Å². The molecule has 2 aromatic carbocycles. The van der Waals surface area contributed by atoms with Gasteiger partial charge in [-0.15, -0.1) is 0 Å². The van der Waals surface area contributed by atoms with Crippen molar-refractivity contribution in [3.63, 3.8) is 0 Å². The van der Waals surface area contributed by atoms with E-state index in [-0.39, 0.29) is 11.9 Å². The first-order chi connectivity index (χ1) is 10.1. The molecule has 0 unspecified atom stereocenters. The summed E-state index contributed by atoms with van der Waals surface area (Å²) >= 11 is 5.94. The number of halogens is 1. The Morgan fingerprint density at radius 3 is 2.14 bits per heavy atom. The Balaban J connectivity index is 2.33. The number of benzene rings is 2. The van der Waals surface area contributed by atoms with E-state index in [4.69, 9.17) is 11.6 Å². The molecule has 2 aromatic rings. The molecule has 0 fully saturated rings. The van der Waals surface area contributed by atoms with E-state index in [0.29, 0.717) is 5.02 Å². The highest BCUT2D eigenvalue weighted by Crippen LogP contribution is 2.23. The van der Waals surface area contributed by atoms with Gasteiger partial charge in [0, 0.05) is 11.1 Å². The molecular formula is C18H18ClNO. The molecule has 2 nitrogen and oxygen atoms in total. The average Bonchev–Trinajstić information content (AvgIpc) is 2.46. The SMILES string of the molecule is CC(C)=CC(=O)N[C@@H](c1ccccc1)c1ccc(Cl)cc1. The van der Waals surface area contributed by atoms with Crippen molar-refractivity contribution in [2.75, 3.05) is 0 Å². The van der Waals surface area contributed by atoms with Gasteiger partial charge in [-0.1, -0.05) is 59.6 Å². The van der Waals surface area contributed by atoms with Crippen LogP contribution in [0.25, 0.3) is 0 Å². The highest BCUT2D eigenvalue weighted by molar-refractivity contribution is 6.30. The highest BCUT2D eigenvalue weighted by Gasteiger charge is 2.15. The van der Waals surface area contributed by atoms with Gasteiger partial charge < -0.3 is 5.32 Å². The molecule has 21 heavy (non-hydrogen) atoms. The van der Waals surface area contributed by atoms with Crippen LogP contribution in [-0.2, 0) is 4.79 Å². The van der Waals surface area contributed by atoms with Gasteiger partial charge in [0.1, 0.15) is 0 Å². The Morgan fingerprint density at radius 1 is 1.00 bits per heavy atom. The minimum atomic E-state index is -0.188. The first-order valence-electron chi connectivity index (χ1n) is 6.82. The summed E-state index contributed by atoms with van der Waals surface area (Å²) in [6.07, 6.45) is 1.60. The molecule has 0 heterocycles. The van der Waals surface area contributed by atoms with Crippen LogP contribution < -0.4 is 5.32 Å². The molecule has 1 atom stereocenters. The van der Waals surface area contributed by atoms with Crippen LogP contribution in [0.2, 0.25) is 5.02 Å². The van der Waals surface area contributed by atoms with Gasteiger partial charge in [0.25, 0.3) is 0 Å². The van der Waals surface area contributed by atoms with E-state index in [1.54, 1.807) is 6.08 Å². The molecule has 0 saturated carbocycles. The zero-order valence-corrected chi connectivity index (χ0v) is 12.9. The lowest BCUT2D eigenvalue weighted by Gasteiger charge is -2.19. The quantitative estimate of drug-likeness (QED) is 0.827. The zero-order valence-electron chi connectivity index (χ0n) is 12.1. The van der Waals surface area contributed by atoms with Crippen LogP contribution in [0.5, 0.6) is 0 Å². The second-order valence-electron chi connectivity index (χ2n) is 5.13. The van der Waals surface area contributed by atoms with E-state index in [1.165, 1.54) is 0 Å². The number of carbonyl (C=O) groups is 1. The van der Waals surface area contributed by atoms with Crippen LogP contribution in [0.1, 0.15) is 31.0 Å². The van der Waals surface area contributed by atoms with Gasteiger partial charge in [0.05, 0.1) is 6.04 Å². The van der Waals surface area contributed by atoms with E-state index in [1.807, 2.05) is 68.4 Å². The van der Waals surface area contributed by atoms with Gasteiger partial charge in [0.2, 0.25) is 5.91 Å². The summed E-state index contributed by atoms with van der Waals surface area (Å²) in [5, 5.41) is 3.72. The fourth-order valence-corrected chi connectivity index (χ4v) is 2.23. The van der Waals surface area contributed by atoms with Gasteiger partial charge >= 0.3 is 0 Å². The summed E-state index contributed by atoms with van der Waals surface area (Å²) in [5.74, 6) is -0.0983. The van der Waals surface area contributed by atoms with Gasteiger partial charge in [-0.3, -0.25) is 4.79 Å². The molecule has 0 saturated heterocycles. The van der Waals surface area contributed by atoms with Crippen LogP contribution >= 0.6 is 11.6 Å². The number of allylic oxidation sites excluding steroid dienone is 1. The maximum absolute atomic E-state index is 12.1. The number of amides is 1. The summed E-state index contributed by atoms with van der Waals surface area (Å²) in [7, 11) is 0. The largest absolute Gasteiger partial charge is 0.342 e. The number of rotatable bonds is 4. The third kappa shape index (κ3) is 4.47. The van der Waals surface area contributed by atoms with Crippen molar-refractivity contribution >= 4 is 17.5 Å². The van der Waals surface area contributed by atoms with Crippen LogP contribution in [0.3, 0.4) is 0 Å². The Morgan fingerprint density at radius 2 is 1.57 bits per heavy atom. The molecule has 0 aliphatic rings. The van der Waals surface area contributed by atoms with Crippen molar-refractivity contribution in [2.45, 2.75) is 19.9 Å². The minimum absolute atomic E-state index is 0.0983. The highest BCUT2D eigenvalue weighted by atomic mass is 35.5. The molecule has 0 radical (unpaired) electrons. The van der Waals surface area contributed by atoms with Crippen LogP contribution in [0.4, 0.5) is 0 Å². The zero-order chi connectivity index (χ0) is 15.2. The third-order valence-corrected chi connectivity index (χ3v) is 3.29. The maximum Gasteiger partial charge on any atom is 0.244 e. The second-order valence-corrected chi connectivity index (χ2v) is 5.56. The van der Waals surface area contributed by atoms with Gasteiger partial charge in [-0.05, 0) is 37.1 Å². The molecule has 0 aromatic heterocycles. The summed E-state index contributed by atoms with van der Waals surface area (Å²) in [5.41, 5.74) is 3.01. The number of hydrogen-bond donors (Lipinski definition) is 1. The van der Waals surface area contributed by atoms with E-state index in [0.717, 1.165) is 16.7 Å². The Kier molecular flexibility index (Phi) is 5.18. The van der Waals surface area contributed by atoms with Crippen LogP contribution in [0.15, 0.2) is 66.2 Å². The molecule has 0 aliphatic carbocycles. The third-order valence-electron chi connectivity index (χ3n) is 3.04. The molecule has 0 aliphatic heterocycles. The summed E-state index contributed by atoms with van der Waals surface area (Å²) < 4.78 is 0. The number of carbonyl (C=O) groups excluding carboxylic acids is 1. The fourth-order valence-electron chi connectivity index (χ4n) is 2.11. The summed E-state index contributed by atoms with van der Waals surface area (Å²) in [6, 6.07) is 17.2. The first kappa shape index (κ1) is 15.3. The molecule has 2 rings (SSSR count). The van der Waals surface area contributed by atoms with Gasteiger partial charge in [-0.25, -0.2) is 0 Å². The fraction of sp³-hybridized carbons (Fsp3) is 0.167. The lowest BCUT2D eigenvalue weighted by atomic mass is 9.98. The number of nitrogens with one attached hydrogen (secondary N) is 1. The van der Waals surface area contributed by atoms with Crippen molar-refractivity contribution in [3.05, 3.63) is 82.4 Å². The van der Waals surface area contributed by atoms with Crippen molar-refractivity contribution in [1.82, 2.24) is 5.32 Å². The summed E-state index contributed by atoms with van der Waals surface area (Å²) in [6.45, 7) is 3.80. The molecular weight excluding hydrogens is 282 g/mol. The average molecular weight is 300 g/mol. The minimum Gasteiger partial charge on any atom is -0.342 e. The first-order valence-corrected chi connectivity index (χ1v) is 7.20. The predicted molar refractivity (Wildman–Crippen MR) is 87.3 cm³/mol. The number of hydrogen-bond acceptors (Lipinski definition) is 1. The van der Waals surface area contributed by atoms with Crippen LogP contribution in [-0.4, -0.2) is 5.91 Å². The van der Waals surface area contributed by atoms with Gasteiger partial charge in [0.15, 0.2) is 0 Å². The van der Waals surface area contributed by atoms with Crippen molar-refractivity contribution in [3.8, 4) is 0 Å². The topological polar surface area (TPSA) is 29.1 Å². The monoisotopic (exact) mass is 299 g/mol. The second kappa shape index (κ2) is 7.09. The standard InChI is InChI=1S/C18H18ClNO/c1-13(2)12-17(21)20-18(14-6-4-3-5-7-14)15-8-10-16(19)11-9-15/h3-12,18H,1-2H3,(H,20,21)/t18-/m0/s1. The smallest absolute Gasteiger partial charge is 0.244 e. The molecule has 1 N–H and O–H groups in total. The lowest BCUT2D eigenvalue weighted by molar-refractivity contribution is -0.117. The molecule has 0 bridgehead atoms. The van der Waals surface area contributed by atoms with E-state index in [9.17, 15) is 4.79 Å². The molecule has 1 amide bonds. The predicted octanol–water partition coefficient (Wildman–Crippen LogP) is 4.51. The summed E-state index contributed by atoms with van der Waals surface area (Å²) in [4.78, 5) is 12.1. The van der Waals surface area contributed by atoms with Crippen molar-refractivity contribution < 1.29 is 4.79 Å². The van der Waals surface area contributed by atoms with E-state index in [2.05, 4.69) is 5.32 Å². The van der Waals surface area contributed by atoms with Crippen molar-refractivity contribution in [2.24, 2.45) is 0 Å². The normalized spacial score (nSPS) is 11.6. The molecule has 0 spiro atoms. The molecule has 108 valence electrons. The lowest BCUT2D eigenvalue weighted by Crippen LogP contribution is -2.27. The Bertz CT molecular complexity index is 628.